The van der Waals surface area contributed by atoms with Gasteiger partial charge in [0.1, 0.15) is 0 Å². The van der Waals surface area contributed by atoms with Crippen molar-refractivity contribution in [1.82, 2.24) is 9.13 Å². The van der Waals surface area contributed by atoms with E-state index in [-0.39, 0.29) is 0 Å². The zero-order valence-corrected chi connectivity index (χ0v) is 66.3. The van der Waals surface area contributed by atoms with Crippen LogP contribution in [0.2, 0.25) is 0 Å². The molecule has 0 saturated heterocycles. The molecule has 2 aliphatic carbocycles. The lowest BCUT2D eigenvalue weighted by molar-refractivity contribution is 0.598. The van der Waals surface area contributed by atoms with E-state index in [4.69, 9.17) is 0 Å². The SMILES string of the molecule is CCCCCCCCc1ccc2c(c1)c1cc(CCCCCCCC)ccc1n2-c1ccc2c(c1)C1(c3cc(-c4ccccc4)ccc3-c3ccc(-c4ccc5c(c4)-c4cc(-c6ccccc6)ccc4S5(=O)=O)cc31)c1cc(-n3c4ccc(CCCCCCCC)cc4c4cc(CCCCCCCC)ccc43)ccc1-2. The van der Waals surface area contributed by atoms with E-state index in [2.05, 4.69) is 243 Å². The van der Waals surface area contributed by atoms with Crippen molar-refractivity contribution in [3.05, 3.63) is 287 Å². The van der Waals surface area contributed by atoms with E-state index in [1.807, 2.05) is 36.4 Å². The largest absolute Gasteiger partial charge is 0.309 e. The molecule has 0 fully saturated rings. The van der Waals surface area contributed by atoms with Gasteiger partial charge in [-0.1, -0.05) is 290 Å². The molecule has 14 aromatic rings. The maximum absolute atomic E-state index is 14.7. The van der Waals surface area contributed by atoms with Gasteiger partial charge in [0.25, 0.3) is 0 Å². The number of benzene rings is 12. The van der Waals surface area contributed by atoms with E-state index in [0.29, 0.717) is 9.79 Å². The second-order valence-corrected chi connectivity index (χ2v) is 34.4. The third kappa shape index (κ3) is 13.7. The molecule has 1 spiro atoms. The van der Waals surface area contributed by atoms with Crippen molar-refractivity contribution in [3.8, 4) is 78.1 Å². The van der Waals surface area contributed by atoms with Crippen LogP contribution in [0.25, 0.3) is 122 Å². The molecule has 0 amide bonds. The third-order valence-corrected chi connectivity index (χ3v) is 27.1. The number of hydrogen-bond donors (Lipinski definition) is 0. The van der Waals surface area contributed by atoms with Gasteiger partial charge in [0, 0.05) is 44.0 Å². The van der Waals surface area contributed by atoms with E-state index in [1.54, 1.807) is 0 Å². The number of aryl methyl sites for hydroxylation is 4. The molecule has 0 unspecified atom stereocenters. The van der Waals surface area contributed by atoms with Crippen LogP contribution in [0.5, 0.6) is 0 Å². The molecular weight excluding hydrogens is 1350 g/mol. The summed E-state index contributed by atoms with van der Waals surface area (Å²) in [7, 11) is -3.77. The van der Waals surface area contributed by atoms with Gasteiger partial charge < -0.3 is 9.13 Å². The molecule has 556 valence electrons. The van der Waals surface area contributed by atoms with Crippen molar-refractivity contribution in [2.24, 2.45) is 0 Å². The summed E-state index contributed by atoms with van der Waals surface area (Å²) in [6, 6.07) is 92.4. The lowest BCUT2D eigenvalue weighted by atomic mass is 9.69. The highest BCUT2D eigenvalue weighted by Gasteiger charge is 2.53. The standard InChI is InChI=1S/C105H108N2O2S/c1-5-9-13-17-21-27-35-73-43-57-99-89(63-73)90-64-74(36-28-22-18-14-10-6-2)44-58-100(90)106(99)83-51-55-87-88-56-52-84(107-101-59-45-75(37-29-23-19-15-11-7-3)65-91(101)92-66-76(46-60-102(92)107)38-30-24-20-16-12-8-4)72-98(88)105(97(87)71-83)95-69-81(78-41-33-26-34-42-78)47-53-85(95)86-54-48-82(70-96(86)105)80-50-62-104-94(68-80)93-67-79(77-39-31-25-32-40-77)49-61-103(93)110(104,108)109/h25-26,31-34,39-72H,5-24,27-30,35-38H2,1-4H3. The molecular formula is C105H108N2O2S. The first-order chi connectivity index (χ1) is 54.2. The van der Waals surface area contributed by atoms with Gasteiger partial charge >= 0.3 is 0 Å². The highest BCUT2D eigenvalue weighted by Crippen LogP contribution is 2.65. The van der Waals surface area contributed by atoms with Crippen LogP contribution in [0.3, 0.4) is 0 Å². The van der Waals surface area contributed by atoms with E-state index in [0.717, 1.165) is 70.4 Å². The minimum absolute atomic E-state index is 0.361. The maximum atomic E-state index is 14.7. The van der Waals surface area contributed by atoms with Crippen LogP contribution in [-0.2, 0) is 40.9 Å². The quantitative estimate of drug-likeness (QED) is 0.0385. The zero-order valence-electron chi connectivity index (χ0n) is 65.5. The molecule has 1 aliphatic heterocycles. The Hall–Kier alpha value is -9.81. The normalized spacial score (nSPS) is 13.4. The molecule has 5 heteroatoms. The fourth-order valence-electron chi connectivity index (χ4n) is 19.4. The number of hydrogen-bond acceptors (Lipinski definition) is 2. The molecule has 3 aliphatic rings. The molecule has 110 heavy (non-hydrogen) atoms. The Labute approximate surface area is 654 Å². The summed E-state index contributed by atoms with van der Waals surface area (Å²) in [5, 5.41) is 5.34. The smallest absolute Gasteiger partial charge is 0.207 e. The van der Waals surface area contributed by atoms with Crippen LogP contribution in [0, 0.1) is 0 Å². The maximum Gasteiger partial charge on any atom is 0.207 e. The first-order valence-electron chi connectivity index (χ1n) is 42.5. The van der Waals surface area contributed by atoms with E-state index >= 15 is 0 Å². The van der Waals surface area contributed by atoms with Crippen molar-refractivity contribution < 1.29 is 8.42 Å². The highest BCUT2D eigenvalue weighted by molar-refractivity contribution is 7.92. The Morgan fingerprint density at radius 3 is 0.873 bits per heavy atom. The Balaban J connectivity index is 0.877. The predicted octanol–water partition coefficient (Wildman–Crippen LogP) is 29.7. The Bertz CT molecular complexity index is 5480. The number of sulfone groups is 1. The fourth-order valence-corrected chi connectivity index (χ4v) is 21.0. The topological polar surface area (TPSA) is 44.0 Å². The molecule has 4 nitrogen and oxygen atoms in total. The first-order valence-corrected chi connectivity index (χ1v) is 44.0. The average Bonchev–Trinajstić information content (AvgIpc) is 1.50. The first kappa shape index (κ1) is 73.0. The number of nitrogens with zero attached hydrogens (tertiary/aromatic N) is 2. The summed E-state index contributed by atoms with van der Waals surface area (Å²) in [4.78, 5) is 0.725. The summed E-state index contributed by atoms with van der Waals surface area (Å²) < 4.78 is 34.5. The van der Waals surface area contributed by atoms with Crippen LogP contribution < -0.4 is 0 Å². The summed E-state index contributed by atoms with van der Waals surface area (Å²) in [5.41, 5.74) is 30.0. The average molecular weight is 1460 g/mol. The number of rotatable bonds is 33. The minimum atomic E-state index is -3.77. The summed E-state index contributed by atoms with van der Waals surface area (Å²) in [5.74, 6) is 0. The minimum Gasteiger partial charge on any atom is -0.309 e. The Morgan fingerprint density at radius 1 is 0.245 bits per heavy atom. The lowest BCUT2D eigenvalue weighted by Crippen LogP contribution is -2.26. The van der Waals surface area contributed by atoms with Crippen molar-refractivity contribution in [1.29, 1.82) is 0 Å². The van der Waals surface area contributed by atoms with E-state index in [1.165, 1.54) is 276 Å². The van der Waals surface area contributed by atoms with Gasteiger partial charge in [0.2, 0.25) is 9.84 Å². The monoisotopic (exact) mass is 1460 g/mol. The van der Waals surface area contributed by atoms with Gasteiger partial charge in [-0.3, -0.25) is 0 Å². The van der Waals surface area contributed by atoms with Gasteiger partial charge in [0.05, 0.1) is 37.3 Å². The third-order valence-electron chi connectivity index (χ3n) is 25.2. The molecule has 12 aromatic carbocycles. The summed E-state index contributed by atoms with van der Waals surface area (Å²) in [6.07, 6.45) is 35.1. The lowest BCUT2D eigenvalue weighted by Gasteiger charge is -2.32. The molecule has 0 radical (unpaired) electrons. The van der Waals surface area contributed by atoms with Crippen LogP contribution in [0.4, 0.5) is 0 Å². The number of aromatic nitrogens is 2. The fraction of sp³-hybridized carbons (Fsp3) is 0.314. The molecule has 0 bridgehead atoms. The molecule has 0 N–H and O–H groups in total. The predicted molar refractivity (Wildman–Crippen MR) is 467 cm³/mol. The number of fused-ring (bicyclic) bond motifs is 19. The van der Waals surface area contributed by atoms with Crippen LogP contribution in [-0.4, -0.2) is 17.6 Å². The molecule has 3 heterocycles. The van der Waals surface area contributed by atoms with E-state index in [9.17, 15) is 8.42 Å². The van der Waals surface area contributed by atoms with Crippen molar-refractivity contribution in [2.75, 3.05) is 0 Å². The van der Waals surface area contributed by atoms with Crippen LogP contribution >= 0.6 is 0 Å². The van der Waals surface area contributed by atoms with Crippen LogP contribution in [0.15, 0.2) is 252 Å². The Kier molecular flexibility index (Phi) is 21.4. The number of unbranched alkanes of at least 4 members (excludes halogenated alkanes) is 20. The van der Waals surface area contributed by atoms with E-state index < -0.39 is 15.3 Å². The van der Waals surface area contributed by atoms with Gasteiger partial charge in [-0.05, 0) is 261 Å². The highest BCUT2D eigenvalue weighted by atomic mass is 32.2. The molecule has 0 atom stereocenters. The molecule has 2 aromatic heterocycles. The van der Waals surface area contributed by atoms with Gasteiger partial charge in [-0.15, -0.1) is 0 Å². The van der Waals surface area contributed by atoms with Gasteiger partial charge in [-0.2, -0.15) is 0 Å². The zero-order chi connectivity index (χ0) is 74.7. The Morgan fingerprint density at radius 2 is 0.527 bits per heavy atom. The van der Waals surface area contributed by atoms with Gasteiger partial charge in [0.15, 0.2) is 0 Å². The van der Waals surface area contributed by atoms with Crippen LogP contribution in [0.1, 0.15) is 226 Å². The van der Waals surface area contributed by atoms with Gasteiger partial charge in [-0.25, -0.2) is 8.42 Å². The van der Waals surface area contributed by atoms with Crippen molar-refractivity contribution >= 4 is 53.4 Å². The van der Waals surface area contributed by atoms with Crippen molar-refractivity contribution in [2.45, 2.75) is 223 Å². The summed E-state index contributed by atoms with van der Waals surface area (Å²) >= 11 is 0. The summed E-state index contributed by atoms with van der Waals surface area (Å²) in [6.45, 7) is 9.24. The van der Waals surface area contributed by atoms with Crippen molar-refractivity contribution in [3.63, 3.8) is 0 Å². The second kappa shape index (κ2) is 32.3. The molecule has 17 rings (SSSR count). The molecule has 0 saturated carbocycles. The second-order valence-electron chi connectivity index (χ2n) is 32.5.